The third-order valence-corrected chi connectivity index (χ3v) is 4.21. The van der Waals surface area contributed by atoms with Gasteiger partial charge in [0.25, 0.3) is 0 Å². The maximum atomic E-state index is 5.92. The number of aromatic nitrogens is 2. The molecule has 0 saturated carbocycles. The van der Waals surface area contributed by atoms with Gasteiger partial charge in [-0.2, -0.15) is 0 Å². The molecule has 24 heavy (non-hydrogen) atoms. The quantitative estimate of drug-likeness (QED) is 0.645. The van der Waals surface area contributed by atoms with Gasteiger partial charge in [-0.25, -0.2) is 9.97 Å². The predicted molar refractivity (Wildman–Crippen MR) is 94.6 cm³/mol. The molecule has 0 unspecified atom stereocenters. The molecule has 0 amide bonds. The van der Waals surface area contributed by atoms with E-state index in [-0.39, 0.29) is 0 Å². The first-order chi connectivity index (χ1) is 11.5. The van der Waals surface area contributed by atoms with Crippen molar-refractivity contribution in [3.05, 3.63) is 40.9 Å². The minimum Gasteiger partial charge on any atom is -0.479 e. The highest BCUT2D eigenvalue weighted by Crippen LogP contribution is 2.44. The van der Waals surface area contributed by atoms with Gasteiger partial charge < -0.3 is 14.2 Å². The zero-order valence-corrected chi connectivity index (χ0v) is 15.0. The lowest BCUT2D eigenvalue weighted by molar-refractivity contribution is -0.0426. The Kier molecular flexibility index (Phi) is 3.38. The number of nitrogens with zero attached hydrogens (tertiary/aromatic N) is 2. The van der Waals surface area contributed by atoms with Crippen LogP contribution in [0.15, 0.2) is 40.9 Å². The van der Waals surface area contributed by atoms with Crippen molar-refractivity contribution in [3.8, 4) is 28.6 Å². The fraction of sp³-hybridized carbons (Fsp3) is 0.222. The van der Waals surface area contributed by atoms with Crippen LogP contribution in [0.3, 0.4) is 0 Å². The third kappa shape index (κ3) is 2.47. The van der Waals surface area contributed by atoms with Crippen LogP contribution in [0, 0.1) is 0 Å². The SMILES string of the molecule is COc1nc2ccc3c(c2nc1-c1cccc(Br)c1)OC(C)(C)O3. The van der Waals surface area contributed by atoms with Gasteiger partial charge in [0.2, 0.25) is 11.7 Å². The molecule has 0 bridgehead atoms. The van der Waals surface area contributed by atoms with Gasteiger partial charge in [-0.15, -0.1) is 0 Å². The monoisotopic (exact) mass is 386 g/mol. The Morgan fingerprint density at radius 1 is 1.08 bits per heavy atom. The lowest BCUT2D eigenvalue weighted by Gasteiger charge is -2.16. The Bertz CT molecular complexity index is 956. The van der Waals surface area contributed by atoms with Crippen molar-refractivity contribution in [2.45, 2.75) is 19.6 Å². The van der Waals surface area contributed by atoms with Crippen molar-refractivity contribution in [3.63, 3.8) is 0 Å². The zero-order chi connectivity index (χ0) is 16.9. The van der Waals surface area contributed by atoms with Crippen LogP contribution in [0.2, 0.25) is 0 Å². The van der Waals surface area contributed by atoms with Gasteiger partial charge >= 0.3 is 0 Å². The summed E-state index contributed by atoms with van der Waals surface area (Å²) in [6, 6.07) is 11.6. The number of ether oxygens (including phenoxy) is 3. The second-order valence-corrected chi connectivity index (χ2v) is 6.87. The summed E-state index contributed by atoms with van der Waals surface area (Å²) in [5.41, 5.74) is 2.93. The van der Waals surface area contributed by atoms with E-state index >= 15 is 0 Å². The van der Waals surface area contributed by atoms with Crippen LogP contribution in [-0.2, 0) is 0 Å². The number of halogens is 1. The number of benzene rings is 2. The van der Waals surface area contributed by atoms with E-state index in [9.17, 15) is 0 Å². The average Bonchev–Trinajstić information content (AvgIpc) is 2.88. The molecular weight excluding hydrogens is 372 g/mol. The van der Waals surface area contributed by atoms with E-state index in [2.05, 4.69) is 20.9 Å². The van der Waals surface area contributed by atoms with Crippen LogP contribution < -0.4 is 14.2 Å². The van der Waals surface area contributed by atoms with Crippen molar-refractivity contribution in [2.75, 3.05) is 7.11 Å². The molecule has 6 heteroatoms. The highest BCUT2D eigenvalue weighted by molar-refractivity contribution is 9.10. The number of fused-ring (bicyclic) bond motifs is 3. The van der Waals surface area contributed by atoms with Crippen molar-refractivity contribution in [1.82, 2.24) is 9.97 Å². The molecule has 0 N–H and O–H groups in total. The summed E-state index contributed by atoms with van der Waals surface area (Å²) in [6.07, 6.45) is 0. The lowest BCUT2D eigenvalue weighted by Crippen LogP contribution is -2.29. The van der Waals surface area contributed by atoms with Crippen LogP contribution >= 0.6 is 15.9 Å². The summed E-state index contributed by atoms with van der Waals surface area (Å²) in [4.78, 5) is 9.37. The topological polar surface area (TPSA) is 53.5 Å². The van der Waals surface area contributed by atoms with Crippen LogP contribution in [0.4, 0.5) is 0 Å². The number of methoxy groups -OCH3 is 1. The van der Waals surface area contributed by atoms with Gasteiger partial charge in [0.1, 0.15) is 11.2 Å². The largest absolute Gasteiger partial charge is 0.479 e. The van der Waals surface area contributed by atoms with E-state index in [0.717, 1.165) is 10.0 Å². The first kappa shape index (κ1) is 15.2. The Morgan fingerprint density at radius 2 is 1.92 bits per heavy atom. The summed E-state index contributed by atoms with van der Waals surface area (Å²) < 4.78 is 18.1. The molecule has 0 saturated heterocycles. The van der Waals surface area contributed by atoms with Crippen molar-refractivity contribution in [1.29, 1.82) is 0 Å². The minimum absolute atomic E-state index is 0.471. The smallest absolute Gasteiger partial charge is 0.246 e. The Morgan fingerprint density at radius 3 is 2.67 bits per heavy atom. The van der Waals surface area contributed by atoms with Gasteiger partial charge in [0.15, 0.2) is 11.5 Å². The molecule has 0 atom stereocenters. The van der Waals surface area contributed by atoms with Gasteiger partial charge in [-0.05, 0) is 24.3 Å². The molecule has 3 aromatic rings. The minimum atomic E-state index is -0.714. The van der Waals surface area contributed by atoms with Crippen LogP contribution in [0.1, 0.15) is 13.8 Å². The molecule has 2 aromatic carbocycles. The summed E-state index contributed by atoms with van der Waals surface area (Å²) >= 11 is 3.49. The van der Waals surface area contributed by atoms with E-state index < -0.39 is 5.79 Å². The maximum Gasteiger partial charge on any atom is 0.246 e. The first-order valence-corrected chi connectivity index (χ1v) is 8.29. The number of rotatable bonds is 2. The highest BCUT2D eigenvalue weighted by atomic mass is 79.9. The molecule has 5 nitrogen and oxygen atoms in total. The predicted octanol–water partition coefficient (Wildman–Crippen LogP) is 4.58. The maximum absolute atomic E-state index is 5.92. The third-order valence-electron chi connectivity index (χ3n) is 3.72. The molecule has 122 valence electrons. The standard InChI is InChI=1S/C18H15BrN2O3/c1-18(2)23-13-8-7-12-15(16(13)24-18)21-14(17(20-12)22-3)10-5-4-6-11(19)9-10/h4-9H,1-3H3. The molecule has 1 aromatic heterocycles. The molecule has 1 aliphatic heterocycles. The Balaban J connectivity index is 1.98. The zero-order valence-electron chi connectivity index (χ0n) is 13.5. The lowest BCUT2D eigenvalue weighted by atomic mass is 10.1. The van der Waals surface area contributed by atoms with Crippen molar-refractivity contribution in [2.24, 2.45) is 0 Å². The van der Waals surface area contributed by atoms with E-state index in [1.54, 1.807) is 7.11 Å². The molecule has 0 fully saturated rings. The van der Waals surface area contributed by atoms with E-state index in [4.69, 9.17) is 19.2 Å². The molecule has 1 aliphatic rings. The molecule has 0 aliphatic carbocycles. The second kappa shape index (κ2) is 5.34. The highest BCUT2D eigenvalue weighted by Gasteiger charge is 2.34. The van der Waals surface area contributed by atoms with Crippen LogP contribution in [0.5, 0.6) is 17.4 Å². The normalized spacial score (nSPS) is 14.8. The van der Waals surface area contributed by atoms with Gasteiger partial charge in [0.05, 0.1) is 12.6 Å². The fourth-order valence-electron chi connectivity index (χ4n) is 2.74. The van der Waals surface area contributed by atoms with Crippen molar-refractivity contribution < 1.29 is 14.2 Å². The van der Waals surface area contributed by atoms with Crippen LogP contribution in [-0.4, -0.2) is 22.9 Å². The average molecular weight is 387 g/mol. The van der Waals surface area contributed by atoms with E-state index in [1.165, 1.54) is 0 Å². The van der Waals surface area contributed by atoms with Gasteiger partial charge in [-0.1, -0.05) is 28.1 Å². The van der Waals surface area contributed by atoms with Crippen molar-refractivity contribution >= 4 is 27.0 Å². The number of hydrogen-bond acceptors (Lipinski definition) is 5. The summed E-state index contributed by atoms with van der Waals surface area (Å²) in [5, 5.41) is 0. The molecular formula is C18H15BrN2O3. The first-order valence-electron chi connectivity index (χ1n) is 7.49. The summed E-state index contributed by atoms with van der Waals surface area (Å²) in [5.74, 6) is 1.04. The van der Waals surface area contributed by atoms with Gasteiger partial charge in [-0.3, -0.25) is 0 Å². The van der Waals surface area contributed by atoms with E-state index in [0.29, 0.717) is 34.1 Å². The molecule has 0 spiro atoms. The summed E-state index contributed by atoms with van der Waals surface area (Å²) in [7, 11) is 1.59. The molecule has 2 heterocycles. The molecule has 4 rings (SSSR count). The fourth-order valence-corrected chi connectivity index (χ4v) is 3.14. The Labute approximate surface area is 147 Å². The van der Waals surface area contributed by atoms with E-state index in [1.807, 2.05) is 50.2 Å². The van der Waals surface area contributed by atoms with Gasteiger partial charge in [0, 0.05) is 23.9 Å². The second-order valence-electron chi connectivity index (χ2n) is 5.96. The van der Waals surface area contributed by atoms with Crippen LogP contribution in [0.25, 0.3) is 22.3 Å². The Hall–Kier alpha value is -2.34. The number of hydrogen-bond donors (Lipinski definition) is 0. The summed E-state index contributed by atoms with van der Waals surface area (Å²) in [6.45, 7) is 3.73. The molecule has 0 radical (unpaired) electrons.